The number of rotatable bonds is 3. The lowest BCUT2D eigenvalue weighted by Crippen LogP contribution is -2.48. The van der Waals surface area contributed by atoms with E-state index in [0.717, 1.165) is 13.2 Å². The first kappa shape index (κ1) is 12.9. The highest BCUT2D eigenvalue weighted by atomic mass is 16.5. The summed E-state index contributed by atoms with van der Waals surface area (Å²) in [6, 6.07) is 4.99. The van der Waals surface area contributed by atoms with Crippen LogP contribution < -0.4 is 10.6 Å². The highest BCUT2D eigenvalue weighted by molar-refractivity contribution is 5.94. The molecular weight excluding hydrogens is 232 g/mol. The normalized spacial score (nSPS) is 19.5. The van der Waals surface area contributed by atoms with Crippen LogP contribution in [0.5, 0.6) is 5.75 Å². The molecule has 1 fully saturated rings. The van der Waals surface area contributed by atoms with Crippen molar-refractivity contribution in [3.05, 3.63) is 29.3 Å². The number of hydrogen-bond donors (Lipinski definition) is 3. The molecule has 3 N–H and O–H groups in total. The second-order valence-corrected chi connectivity index (χ2v) is 4.44. The fourth-order valence-electron chi connectivity index (χ4n) is 1.87. The molecule has 5 heteroatoms. The number of benzene rings is 1. The van der Waals surface area contributed by atoms with Crippen molar-refractivity contribution < 1.29 is 14.6 Å². The molecule has 1 atom stereocenters. The lowest BCUT2D eigenvalue weighted by atomic mass is 10.1. The van der Waals surface area contributed by atoms with E-state index in [4.69, 9.17) is 4.74 Å². The smallest absolute Gasteiger partial charge is 0.251 e. The number of morpholine rings is 1. The third-order valence-electron chi connectivity index (χ3n) is 2.97. The van der Waals surface area contributed by atoms with Gasteiger partial charge in [-0.05, 0) is 30.7 Å². The minimum absolute atomic E-state index is 0.134. The number of carbonyl (C=O) groups is 1. The van der Waals surface area contributed by atoms with E-state index in [1.807, 2.05) is 0 Å². The molecule has 0 bridgehead atoms. The summed E-state index contributed by atoms with van der Waals surface area (Å²) in [6.45, 7) is 4.47. The van der Waals surface area contributed by atoms with Gasteiger partial charge in [0.15, 0.2) is 0 Å². The van der Waals surface area contributed by atoms with Crippen molar-refractivity contribution in [2.45, 2.75) is 13.0 Å². The summed E-state index contributed by atoms with van der Waals surface area (Å²) in [5, 5.41) is 15.5. The van der Waals surface area contributed by atoms with Crippen molar-refractivity contribution in [2.75, 3.05) is 26.3 Å². The van der Waals surface area contributed by atoms with Gasteiger partial charge >= 0.3 is 0 Å². The Labute approximate surface area is 106 Å². The number of phenols is 1. The summed E-state index contributed by atoms with van der Waals surface area (Å²) >= 11 is 0. The predicted octanol–water partition coefficient (Wildman–Crippen LogP) is 0.419. The van der Waals surface area contributed by atoms with Crippen LogP contribution in [0.4, 0.5) is 0 Å². The molecule has 0 saturated carbocycles. The van der Waals surface area contributed by atoms with Gasteiger partial charge < -0.3 is 20.5 Å². The van der Waals surface area contributed by atoms with Crippen LogP contribution >= 0.6 is 0 Å². The lowest BCUT2D eigenvalue weighted by Gasteiger charge is -2.23. The summed E-state index contributed by atoms with van der Waals surface area (Å²) in [4.78, 5) is 11.9. The maximum absolute atomic E-state index is 11.9. The molecule has 1 aromatic carbocycles. The number of aryl methyl sites for hydroxylation is 1. The summed E-state index contributed by atoms with van der Waals surface area (Å²) in [5.74, 6) is 0.0689. The van der Waals surface area contributed by atoms with Crippen molar-refractivity contribution in [2.24, 2.45) is 0 Å². The Kier molecular flexibility index (Phi) is 4.17. The van der Waals surface area contributed by atoms with Crippen LogP contribution in [0.2, 0.25) is 0 Å². The Bertz CT molecular complexity index is 428. The Hall–Kier alpha value is -1.59. The highest BCUT2D eigenvalue weighted by Gasteiger charge is 2.14. The van der Waals surface area contributed by atoms with Gasteiger partial charge in [-0.25, -0.2) is 0 Å². The Morgan fingerprint density at radius 3 is 3.11 bits per heavy atom. The Morgan fingerprint density at radius 1 is 1.61 bits per heavy atom. The van der Waals surface area contributed by atoms with E-state index in [1.54, 1.807) is 19.1 Å². The van der Waals surface area contributed by atoms with Gasteiger partial charge in [-0.1, -0.05) is 0 Å². The first-order chi connectivity index (χ1) is 8.66. The molecule has 5 nitrogen and oxygen atoms in total. The quantitative estimate of drug-likeness (QED) is 0.727. The van der Waals surface area contributed by atoms with Crippen molar-refractivity contribution in [1.29, 1.82) is 0 Å². The van der Waals surface area contributed by atoms with Crippen molar-refractivity contribution in [1.82, 2.24) is 10.6 Å². The maximum Gasteiger partial charge on any atom is 0.251 e. The maximum atomic E-state index is 11.9. The zero-order chi connectivity index (χ0) is 13.0. The number of nitrogens with one attached hydrogen (secondary N) is 2. The lowest BCUT2D eigenvalue weighted by molar-refractivity contribution is 0.0734. The van der Waals surface area contributed by atoms with Crippen LogP contribution in [0.15, 0.2) is 18.2 Å². The second-order valence-electron chi connectivity index (χ2n) is 4.44. The summed E-state index contributed by atoms with van der Waals surface area (Å²) < 4.78 is 5.31. The van der Waals surface area contributed by atoms with Crippen LogP contribution in [-0.2, 0) is 4.74 Å². The van der Waals surface area contributed by atoms with Gasteiger partial charge in [0.1, 0.15) is 5.75 Å². The van der Waals surface area contributed by atoms with E-state index in [1.165, 1.54) is 6.07 Å². The summed E-state index contributed by atoms with van der Waals surface area (Å²) in [5.41, 5.74) is 1.25. The van der Waals surface area contributed by atoms with Gasteiger partial charge in [0.05, 0.1) is 13.2 Å². The first-order valence-corrected chi connectivity index (χ1v) is 6.06. The molecule has 2 rings (SSSR count). The van der Waals surface area contributed by atoms with Gasteiger partial charge in [-0.15, -0.1) is 0 Å². The third-order valence-corrected chi connectivity index (χ3v) is 2.97. The zero-order valence-corrected chi connectivity index (χ0v) is 10.4. The standard InChI is InChI=1S/C13H18N2O3/c1-9-6-10(2-3-12(9)16)13(17)15-7-11-8-18-5-4-14-11/h2-3,6,11,14,16H,4-5,7-8H2,1H3,(H,15,17). The Morgan fingerprint density at radius 2 is 2.44 bits per heavy atom. The SMILES string of the molecule is Cc1cc(C(=O)NCC2COCCN2)ccc1O. The molecule has 1 unspecified atom stereocenters. The average Bonchev–Trinajstić information content (AvgIpc) is 2.40. The molecule has 0 aromatic heterocycles. The molecule has 98 valence electrons. The van der Waals surface area contributed by atoms with E-state index in [2.05, 4.69) is 10.6 Å². The first-order valence-electron chi connectivity index (χ1n) is 6.06. The molecule has 0 aliphatic carbocycles. The van der Waals surface area contributed by atoms with Crippen LogP contribution in [0.1, 0.15) is 15.9 Å². The molecule has 1 heterocycles. The van der Waals surface area contributed by atoms with Gasteiger partial charge in [-0.3, -0.25) is 4.79 Å². The van der Waals surface area contributed by atoms with E-state index < -0.39 is 0 Å². The van der Waals surface area contributed by atoms with E-state index >= 15 is 0 Å². The fraction of sp³-hybridized carbons (Fsp3) is 0.462. The van der Waals surface area contributed by atoms with Crippen molar-refractivity contribution in [3.8, 4) is 5.75 Å². The number of ether oxygens (including phenoxy) is 1. The molecule has 1 amide bonds. The zero-order valence-electron chi connectivity index (χ0n) is 10.4. The molecule has 1 saturated heterocycles. The summed E-state index contributed by atoms with van der Waals surface area (Å²) in [6.07, 6.45) is 0. The van der Waals surface area contributed by atoms with Gasteiger partial charge in [0.2, 0.25) is 0 Å². The molecule has 18 heavy (non-hydrogen) atoms. The van der Waals surface area contributed by atoms with E-state index in [0.29, 0.717) is 24.3 Å². The number of hydrogen-bond acceptors (Lipinski definition) is 4. The van der Waals surface area contributed by atoms with E-state index in [9.17, 15) is 9.90 Å². The second kappa shape index (κ2) is 5.84. The van der Waals surface area contributed by atoms with Crippen LogP contribution in [0, 0.1) is 6.92 Å². The largest absolute Gasteiger partial charge is 0.508 e. The highest BCUT2D eigenvalue weighted by Crippen LogP contribution is 2.16. The fourth-order valence-corrected chi connectivity index (χ4v) is 1.87. The minimum atomic E-state index is -0.134. The number of amides is 1. The van der Waals surface area contributed by atoms with Crippen molar-refractivity contribution >= 4 is 5.91 Å². The molecule has 0 spiro atoms. The van der Waals surface area contributed by atoms with Gasteiger partial charge in [-0.2, -0.15) is 0 Å². The molecule has 1 aromatic rings. The molecule has 1 aliphatic heterocycles. The number of aromatic hydroxyl groups is 1. The predicted molar refractivity (Wildman–Crippen MR) is 67.8 cm³/mol. The minimum Gasteiger partial charge on any atom is -0.508 e. The van der Waals surface area contributed by atoms with Crippen LogP contribution in [0.3, 0.4) is 0 Å². The van der Waals surface area contributed by atoms with Crippen molar-refractivity contribution in [3.63, 3.8) is 0 Å². The van der Waals surface area contributed by atoms with Crippen LogP contribution in [0.25, 0.3) is 0 Å². The molecule has 0 radical (unpaired) electrons. The molecular formula is C13H18N2O3. The van der Waals surface area contributed by atoms with Crippen LogP contribution in [-0.4, -0.2) is 43.4 Å². The topological polar surface area (TPSA) is 70.6 Å². The Balaban J connectivity index is 1.88. The monoisotopic (exact) mass is 250 g/mol. The molecule has 1 aliphatic rings. The third kappa shape index (κ3) is 3.21. The number of phenolic OH excluding ortho intramolecular Hbond substituents is 1. The number of carbonyl (C=O) groups excluding carboxylic acids is 1. The van der Waals surface area contributed by atoms with E-state index in [-0.39, 0.29) is 17.7 Å². The van der Waals surface area contributed by atoms with Gasteiger partial charge in [0, 0.05) is 24.7 Å². The van der Waals surface area contributed by atoms with Gasteiger partial charge in [0.25, 0.3) is 5.91 Å². The average molecular weight is 250 g/mol. The summed E-state index contributed by atoms with van der Waals surface area (Å²) in [7, 11) is 0.